The van der Waals surface area contributed by atoms with E-state index in [2.05, 4.69) is 81.5 Å². The largest absolute Gasteiger partial charge is 0.310 e. The summed E-state index contributed by atoms with van der Waals surface area (Å²) in [6.07, 6.45) is 1.75. The summed E-state index contributed by atoms with van der Waals surface area (Å²) in [5, 5.41) is 9.02. The maximum Gasteiger partial charge on any atom is 0.163 e. The number of benzene rings is 3. The summed E-state index contributed by atoms with van der Waals surface area (Å²) >= 11 is 0. The molecule has 0 atom stereocenters. The summed E-state index contributed by atoms with van der Waals surface area (Å²) in [5.74, 6) is 1.94. The van der Waals surface area contributed by atoms with Gasteiger partial charge in [0.1, 0.15) is 5.82 Å². The van der Waals surface area contributed by atoms with E-state index in [1.54, 1.807) is 0 Å². The van der Waals surface area contributed by atoms with Crippen molar-refractivity contribution in [2.24, 2.45) is 0 Å². The zero-order valence-electron chi connectivity index (χ0n) is 14.6. The minimum atomic E-state index is 0.787. The van der Waals surface area contributed by atoms with Crippen LogP contribution >= 0.6 is 0 Å². The van der Waals surface area contributed by atoms with Gasteiger partial charge >= 0.3 is 0 Å². The molecule has 128 valence electrons. The molecule has 0 aliphatic carbocycles. The predicted molar refractivity (Wildman–Crippen MR) is 105 cm³/mol. The van der Waals surface area contributed by atoms with Gasteiger partial charge in [0, 0.05) is 18.5 Å². The fourth-order valence-electron chi connectivity index (χ4n) is 3.17. The number of rotatable bonds is 6. The Hall–Kier alpha value is -3.20. The highest BCUT2D eigenvalue weighted by molar-refractivity contribution is 5.55. The molecule has 0 amide bonds. The summed E-state index contributed by atoms with van der Waals surface area (Å²) in [6.45, 7) is 0.864. The van der Waals surface area contributed by atoms with E-state index in [9.17, 15) is 0 Å². The molecule has 0 fully saturated rings. The molecular weight excluding hydrogens is 318 g/mol. The Labute approximate surface area is 154 Å². The van der Waals surface area contributed by atoms with Crippen LogP contribution in [0.2, 0.25) is 0 Å². The predicted octanol–water partition coefficient (Wildman–Crippen LogP) is 4.78. The molecule has 0 bridgehead atoms. The molecule has 3 heteroatoms. The van der Waals surface area contributed by atoms with Gasteiger partial charge in [0.25, 0.3) is 0 Å². The number of hydrogen-bond donors (Lipinski definition) is 0. The SMILES string of the molecule is c1ccc(CCn2c(Cc3ccccc3)nnc2-c2ccccc2)cc1. The van der Waals surface area contributed by atoms with E-state index in [4.69, 9.17) is 0 Å². The highest BCUT2D eigenvalue weighted by Gasteiger charge is 2.14. The van der Waals surface area contributed by atoms with Crippen LogP contribution < -0.4 is 0 Å². The minimum absolute atomic E-state index is 0.787. The molecule has 1 heterocycles. The fraction of sp³-hybridized carbons (Fsp3) is 0.130. The van der Waals surface area contributed by atoms with Gasteiger partial charge in [0.05, 0.1) is 0 Å². The van der Waals surface area contributed by atoms with Crippen LogP contribution in [0.15, 0.2) is 91.0 Å². The Morgan fingerprint density at radius 1 is 0.615 bits per heavy atom. The van der Waals surface area contributed by atoms with Crippen LogP contribution in [0.3, 0.4) is 0 Å². The van der Waals surface area contributed by atoms with Crippen molar-refractivity contribution >= 4 is 0 Å². The second kappa shape index (κ2) is 7.79. The first kappa shape index (κ1) is 16.3. The number of aromatic nitrogens is 3. The van der Waals surface area contributed by atoms with Crippen molar-refractivity contribution in [3.8, 4) is 11.4 Å². The maximum atomic E-state index is 4.51. The van der Waals surface area contributed by atoms with Crippen molar-refractivity contribution in [2.75, 3.05) is 0 Å². The van der Waals surface area contributed by atoms with Crippen LogP contribution in [0.1, 0.15) is 17.0 Å². The first-order chi connectivity index (χ1) is 12.9. The highest BCUT2D eigenvalue weighted by Crippen LogP contribution is 2.20. The van der Waals surface area contributed by atoms with Crippen LogP contribution in [-0.4, -0.2) is 14.8 Å². The van der Waals surface area contributed by atoms with Gasteiger partial charge in [-0.25, -0.2) is 0 Å². The summed E-state index contributed by atoms with van der Waals surface area (Å²) in [5.41, 5.74) is 3.68. The van der Waals surface area contributed by atoms with E-state index in [0.717, 1.165) is 36.6 Å². The van der Waals surface area contributed by atoms with E-state index < -0.39 is 0 Å². The van der Waals surface area contributed by atoms with Gasteiger partial charge in [0.15, 0.2) is 5.82 Å². The topological polar surface area (TPSA) is 30.7 Å². The lowest BCUT2D eigenvalue weighted by Crippen LogP contribution is -2.08. The summed E-state index contributed by atoms with van der Waals surface area (Å²) in [4.78, 5) is 0. The minimum Gasteiger partial charge on any atom is -0.310 e. The van der Waals surface area contributed by atoms with E-state index >= 15 is 0 Å². The Morgan fingerprint density at radius 3 is 1.85 bits per heavy atom. The van der Waals surface area contributed by atoms with Gasteiger partial charge in [-0.1, -0.05) is 91.0 Å². The van der Waals surface area contributed by atoms with E-state index in [1.807, 2.05) is 24.3 Å². The van der Waals surface area contributed by atoms with Crippen molar-refractivity contribution in [1.82, 2.24) is 14.8 Å². The van der Waals surface area contributed by atoms with Crippen LogP contribution in [0, 0.1) is 0 Å². The first-order valence-electron chi connectivity index (χ1n) is 8.95. The normalized spacial score (nSPS) is 10.8. The second-order valence-electron chi connectivity index (χ2n) is 6.36. The van der Waals surface area contributed by atoms with Gasteiger partial charge in [-0.3, -0.25) is 0 Å². The van der Waals surface area contributed by atoms with Crippen molar-refractivity contribution in [1.29, 1.82) is 0 Å². The van der Waals surface area contributed by atoms with Crippen molar-refractivity contribution in [3.63, 3.8) is 0 Å². The van der Waals surface area contributed by atoms with Crippen molar-refractivity contribution in [2.45, 2.75) is 19.4 Å². The Morgan fingerprint density at radius 2 is 1.19 bits per heavy atom. The van der Waals surface area contributed by atoms with E-state index in [-0.39, 0.29) is 0 Å². The van der Waals surface area contributed by atoms with Crippen molar-refractivity contribution in [3.05, 3.63) is 108 Å². The molecule has 1 aromatic heterocycles. The van der Waals surface area contributed by atoms with Crippen LogP contribution in [0.25, 0.3) is 11.4 Å². The first-order valence-corrected chi connectivity index (χ1v) is 8.95. The molecule has 3 aromatic carbocycles. The maximum absolute atomic E-state index is 4.51. The smallest absolute Gasteiger partial charge is 0.163 e. The lowest BCUT2D eigenvalue weighted by Gasteiger charge is -2.11. The quantitative estimate of drug-likeness (QED) is 0.506. The van der Waals surface area contributed by atoms with Crippen molar-refractivity contribution < 1.29 is 0 Å². The molecule has 4 aromatic rings. The van der Waals surface area contributed by atoms with Crippen LogP contribution in [-0.2, 0) is 19.4 Å². The fourth-order valence-corrected chi connectivity index (χ4v) is 3.17. The Balaban J connectivity index is 1.66. The molecule has 0 N–H and O–H groups in total. The third kappa shape index (κ3) is 3.72. The molecule has 0 aliphatic rings. The van der Waals surface area contributed by atoms with Crippen LogP contribution in [0.4, 0.5) is 0 Å². The Bertz CT molecular complexity index is 945. The number of nitrogens with zero attached hydrogens (tertiary/aromatic N) is 3. The van der Waals surface area contributed by atoms with Gasteiger partial charge in [-0.2, -0.15) is 0 Å². The third-order valence-electron chi connectivity index (χ3n) is 4.53. The van der Waals surface area contributed by atoms with Gasteiger partial charge in [0.2, 0.25) is 0 Å². The summed E-state index contributed by atoms with van der Waals surface area (Å²) in [7, 11) is 0. The van der Waals surface area contributed by atoms with Crippen LogP contribution in [0.5, 0.6) is 0 Å². The zero-order chi connectivity index (χ0) is 17.6. The number of hydrogen-bond acceptors (Lipinski definition) is 2. The summed E-state index contributed by atoms with van der Waals surface area (Å²) in [6, 6.07) is 31.3. The monoisotopic (exact) mass is 339 g/mol. The molecule has 0 unspecified atom stereocenters. The molecule has 4 rings (SSSR count). The molecular formula is C23H21N3. The average molecular weight is 339 g/mol. The molecule has 26 heavy (non-hydrogen) atoms. The highest BCUT2D eigenvalue weighted by atomic mass is 15.3. The molecule has 0 spiro atoms. The summed E-state index contributed by atoms with van der Waals surface area (Å²) < 4.78 is 2.26. The van der Waals surface area contributed by atoms with E-state index in [1.165, 1.54) is 11.1 Å². The number of aryl methyl sites for hydroxylation is 1. The molecule has 3 nitrogen and oxygen atoms in total. The van der Waals surface area contributed by atoms with Gasteiger partial charge in [-0.05, 0) is 17.5 Å². The van der Waals surface area contributed by atoms with Gasteiger partial charge < -0.3 is 4.57 Å². The van der Waals surface area contributed by atoms with E-state index in [0.29, 0.717) is 0 Å². The molecule has 0 saturated carbocycles. The Kier molecular flexibility index (Phi) is 4.88. The van der Waals surface area contributed by atoms with Gasteiger partial charge in [-0.15, -0.1) is 10.2 Å². The zero-order valence-corrected chi connectivity index (χ0v) is 14.6. The third-order valence-corrected chi connectivity index (χ3v) is 4.53. The molecule has 0 radical (unpaired) electrons. The second-order valence-corrected chi connectivity index (χ2v) is 6.36. The lowest BCUT2D eigenvalue weighted by molar-refractivity contribution is 0.666. The lowest BCUT2D eigenvalue weighted by atomic mass is 10.1. The molecule has 0 saturated heterocycles. The standard InChI is InChI=1S/C23H21N3/c1-4-10-19(11-5-1)16-17-26-22(18-20-12-6-2-7-13-20)24-25-23(26)21-14-8-3-9-15-21/h1-15H,16-18H2. The molecule has 0 aliphatic heterocycles. The average Bonchev–Trinajstić information content (AvgIpc) is 3.11.